The fourth-order valence-corrected chi connectivity index (χ4v) is 2.72. The minimum absolute atomic E-state index is 0.771. The lowest BCUT2D eigenvalue weighted by Gasteiger charge is -2.09. The van der Waals surface area contributed by atoms with Crippen LogP contribution in [0.15, 0.2) is 23.4 Å². The summed E-state index contributed by atoms with van der Waals surface area (Å²) in [6, 6.07) is 4.20. The van der Waals surface area contributed by atoms with Gasteiger partial charge in [-0.3, -0.25) is 0 Å². The first-order chi connectivity index (χ1) is 8.24. The molecule has 0 radical (unpaired) electrons. The van der Waals surface area contributed by atoms with Crippen molar-refractivity contribution in [2.45, 2.75) is 45.2 Å². The number of nitrogens with zero attached hydrogens (tertiary/aromatic N) is 1. The van der Waals surface area contributed by atoms with Gasteiger partial charge < -0.3 is 5.32 Å². The molecule has 0 aromatic carbocycles. The Labute approximate surface area is 110 Å². The van der Waals surface area contributed by atoms with Gasteiger partial charge in [0, 0.05) is 12.7 Å². The molecule has 0 fully saturated rings. The van der Waals surface area contributed by atoms with Crippen LogP contribution < -0.4 is 5.32 Å². The predicted molar refractivity (Wildman–Crippen MR) is 76.4 cm³/mol. The Morgan fingerprint density at radius 3 is 2.94 bits per heavy atom. The molecule has 0 spiro atoms. The van der Waals surface area contributed by atoms with Gasteiger partial charge in [0.05, 0.1) is 0 Å². The van der Waals surface area contributed by atoms with E-state index in [0.29, 0.717) is 0 Å². The summed E-state index contributed by atoms with van der Waals surface area (Å²) < 4.78 is 0. The number of aromatic nitrogens is 1. The van der Waals surface area contributed by atoms with E-state index in [1.165, 1.54) is 23.4 Å². The molecule has 1 rings (SSSR count). The predicted octanol–water partition coefficient (Wildman–Crippen LogP) is 3.72. The third-order valence-corrected chi connectivity index (χ3v) is 3.61. The van der Waals surface area contributed by atoms with Crippen molar-refractivity contribution in [3.8, 4) is 0 Å². The molecule has 96 valence electrons. The Hall–Kier alpha value is -0.540. The summed E-state index contributed by atoms with van der Waals surface area (Å²) in [5.74, 6) is 1.93. The molecule has 17 heavy (non-hydrogen) atoms. The molecule has 1 aromatic heterocycles. The van der Waals surface area contributed by atoms with Gasteiger partial charge in [0.2, 0.25) is 0 Å². The summed E-state index contributed by atoms with van der Waals surface area (Å²) in [5, 5.41) is 4.63. The van der Waals surface area contributed by atoms with Crippen LogP contribution in [-0.2, 0) is 6.54 Å². The standard InChI is InChI=1S/C14H24N2S/c1-4-8-15-11-13-6-5-9-16-14(13)17-10-7-12(2)3/h5-6,9,12,15H,4,7-8,10-11H2,1-3H3. The van der Waals surface area contributed by atoms with Crippen LogP contribution in [0.3, 0.4) is 0 Å². The quantitative estimate of drug-likeness (QED) is 0.564. The molecule has 1 N–H and O–H groups in total. The minimum Gasteiger partial charge on any atom is -0.313 e. The summed E-state index contributed by atoms with van der Waals surface area (Å²) in [4.78, 5) is 4.48. The zero-order valence-corrected chi connectivity index (χ0v) is 12.0. The molecule has 2 nitrogen and oxygen atoms in total. The summed E-state index contributed by atoms with van der Waals surface area (Å²) in [6.07, 6.45) is 4.32. The second-order valence-corrected chi connectivity index (χ2v) is 5.76. The maximum absolute atomic E-state index is 4.48. The highest BCUT2D eigenvalue weighted by Gasteiger charge is 2.04. The Bertz CT molecular complexity index is 313. The molecule has 0 aliphatic heterocycles. The highest BCUT2D eigenvalue weighted by molar-refractivity contribution is 7.99. The second-order valence-electron chi connectivity index (χ2n) is 4.68. The summed E-state index contributed by atoms with van der Waals surface area (Å²) in [6.45, 7) is 8.73. The second kappa shape index (κ2) is 8.54. The number of nitrogens with one attached hydrogen (secondary N) is 1. The number of hydrogen-bond donors (Lipinski definition) is 1. The third kappa shape index (κ3) is 6.08. The molecule has 0 amide bonds. The van der Waals surface area contributed by atoms with Crippen LogP contribution in [0.4, 0.5) is 0 Å². The van der Waals surface area contributed by atoms with Crippen molar-refractivity contribution in [3.05, 3.63) is 23.9 Å². The van der Waals surface area contributed by atoms with Crippen LogP contribution in [0.5, 0.6) is 0 Å². The van der Waals surface area contributed by atoms with Gasteiger partial charge in [-0.2, -0.15) is 0 Å². The molecule has 0 unspecified atom stereocenters. The molecular formula is C14H24N2S. The topological polar surface area (TPSA) is 24.9 Å². The van der Waals surface area contributed by atoms with Crippen molar-refractivity contribution in [1.82, 2.24) is 10.3 Å². The van der Waals surface area contributed by atoms with Gasteiger partial charge in [-0.05, 0) is 42.7 Å². The molecule has 1 aromatic rings. The van der Waals surface area contributed by atoms with Crippen LogP contribution in [0.1, 0.15) is 39.2 Å². The molecule has 0 aliphatic carbocycles. The van der Waals surface area contributed by atoms with E-state index in [0.717, 1.165) is 24.8 Å². The van der Waals surface area contributed by atoms with Crippen molar-refractivity contribution >= 4 is 11.8 Å². The van der Waals surface area contributed by atoms with E-state index >= 15 is 0 Å². The zero-order chi connectivity index (χ0) is 12.5. The van der Waals surface area contributed by atoms with Gasteiger partial charge in [-0.15, -0.1) is 11.8 Å². The van der Waals surface area contributed by atoms with E-state index in [2.05, 4.69) is 37.1 Å². The monoisotopic (exact) mass is 252 g/mol. The average Bonchev–Trinajstić information content (AvgIpc) is 2.31. The van der Waals surface area contributed by atoms with Gasteiger partial charge in [0.25, 0.3) is 0 Å². The number of pyridine rings is 1. The van der Waals surface area contributed by atoms with E-state index in [1.54, 1.807) is 0 Å². The fraction of sp³-hybridized carbons (Fsp3) is 0.643. The molecular weight excluding hydrogens is 228 g/mol. The first kappa shape index (κ1) is 14.5. The minimum atomic E-state index is 0.771. The zero-order valence-electron chi connectivity index (χ0n) is 11.2. The molecule has 0 saturated heterocycles. The first-order valence-corrected chi connectivity index (χ1v) is 7.50. The lowest BCUT2D eigenvalue weighted by molar-refractivity contribution is 0.631. The Kier molecular flexibility index (Phi) is 7.29. The van der Waals surface area contributed by atoms with Crippen LogP contribution >= 0.6 is 11.8 Å². The number of rotatable bonds is 8. The van der Waals surface area contributed by atoms with E-state index in [-0.39, 0.29) is 0 Å². The van der Waals surface area contributed by atoms with Gasteiger partial charge in [0.15, 0.2) is 0 Å². The lowest BCUT2D eigenvalue weighted by Crippen LogP contribution is -2.14. The maximum Gasteiger partial charge on any atom is 0.100 e. The van der Waals surface area contributed by atoms with Gasteiger partial charge in [-0.25, -0.2) is 4.98 Å². The number of hydrogen-bond acceptors (Lipinski definition) is 3. The Morgan fingerprint density at radius 1 is 1.41 bits per heavy atom. The van der Waals surface area contributed by atoms with E-state index < -0.39 is 0 Å². The lowest BCUT2D eigenvalue weighted by atomic mass is 10.2. The first-order valence-electron chi connectivity index (χ1n) is 6.51. The largest absolute Gasteiger partial charge is 0.313 e. The van der Waals surface area contributed by atoms with Gasteiger partial charge in [0.1, 0.15) is 5.03 Å². The average molecular weight is 252 g/mol. The van der Waals surface area contributed by atoms with Crippen LogP contribution in [0.25, 0.3) is 0 Å². The smallest absolute Gasteiger partial charge is 0.100 e. The molecule has 1 heterocycles. The molecule has 3 heteroatoms. The summed E-state index contributed by atoms with van der Waals surface area (Å²) >= 11 is 1.88. The molecule has 0 aliphatic rings. The van der Waals surface area contributed by atoms with Gasteiger partial charge >= 0.3 is 0 Å². The van der Waals surface area contributed by atoms with Crippen molar-refractivity contribution in [2.24, 2.45) is 5.92 Å². The SMILES string of the molecule is CCCNCc1cccnc1SCCC(C)C. The maximum atomic E-state index is 4.48. The highest BCUT2D eigenvalue weighted by Crippen LogP contribution is 2.21. The van der Waals surface area contributed by atoms with Crippen LogP contribution in [0, 0.1) is 5.92 Å². The number of thioether (sulfide) groups is 1. The fourth-order valence-electron chi connectivity index (χ4n) is 1.48. The van der Waals surface area contributed by atoms with Crippen molar-refractivity contribution < 1.29 is 0 Å². The van der Waals surface area contributed by atoms with E-state index in [9.17, 15) is 0 Å². The normalized spacial score (nSPS) is 11.1. The van der Waals surface area contributed by atoms with Crippen LogP contribution in [-0.4, -0.2) is 17.3 Å². The van der Waals surface area contributed by atoms with Crippen molar-refractivity contribution in [1.29, 1.82) is 0 Å². The molecule has 0 bridgehead atoms. The van der Waals surface area contributed by atoms with Crippen molar-refractivity contribution in [3.63, 3.8) is 0 Å². The van der Waals surface area contributed by atoms with Crippen molar-refractivity contribution in [2.75, 3.05) is 12.3 Å². The molecule has 0 saturated carbocycles. The third-order valence-electron chi connectivity index (χ3n) is 2.53. The van der Waals surface area contributed by atoms with E-state index in [4.69, 9.17) is 0 Å². The van der Waals surface area contributed by atoms with Gasteiger partial charge in [-0.1, -0.05) is 26.8 Å². The Balaban J connectivity index is 2.46. The highest BCUT2D eigenvalue weighted by atomic mass is 32.2. The Morgan fingerprint density at radius 2 is 2.24 bits per heavy atom. The summed E-state index contributed by atoms with van der Waals surface area (Å²) in [7, 11) is 0. The van der Waals surface area contributed by atoms with E-state index in [1.807, 2.05) is 24.0 Å². The molecule has 0 atom stereocenters. The van der Waals surface area contributed by atoms with Crippen LogP contribution in [0.2, 0.25) is 0 Å². The summed E-state index contributed by atoms with van der Waals surface area (Å²) in [5.41, 5.74) is 1.33.